The van der Waals surface area contributed by atoms with Crippen LogP contribution in [-0.2, 0) is 23.1 Å². The summed E-state index contributed by atoms with van der Waals surface area (Å²) in [6, 6.07) is 0. The van der Waals surface area contributed by atoms with E-state index < -0.39 is 7.82 Å². The minimum atomic E-state index is -4.14. The smallest absolute Gasteiger partial charge is 0.379 e. The molecule has 0 rings (SSSR count). The highest BCUT2D eigenvalue weighted by atomic mass is 31.2. The number of quaternary nitrogens is 1. The van der Waals surface area contributed by atoms with Crippen molar-refractivity contribution in [2.75, 3.05) is 60.7 Å². The standard InChI is InChI=1S/C52H108NO6P/c1-6-8-10-12-14-16-18-20-22-24-26-28-30-32-34-36-38-40-42-44-47-56-50-52(51-59-60(54,55)58-49-46-53(3,4)5)57-48-45-43-41-39-37-35-33-31-29-27-25-23-21-19-17-15-13-11-9-7-2/h52H,6-51H2,1-5H3/p+1/t52-/m1/s1. The van der Waals surface area contributed by atoms with E-state index in [1.165, 1.54) is 238 Å². The lowest BCUT2D eigenvalue weighted by Gasteiger charge is -2.24. The fraction of sp³-hybridized carbons (Fsp3) is 1.00. The lowest BCUT2D eigenvalue weighted by Crippen LogP contribution is -2.37. The van der Waals surface area contributed by atoms with Crippen LogP contribution in [0.3, 0.4) is 0 Å². The molecular formula is C52H109NO6P+. The Bertz CT molecular complexity index is 870. The van der Waals surface area contributed by atoms with Crippen LogP contribution in [0.1, 0.15) is 271 Å². The van der Waals surface area contributed by atoms with Gasteiger partial charge in [0.1, 0.15) is 19.3 Å². The Morgan fingerprint density at radius 2 is 0.667 bits per heavy atom. The Morgan fingerprint density at radius 1 is 0.383 bits per heavy atom. The van der Waals surface area contributed by atoms with Crippen molar-refractivity contribution in [1.82, 2.24) is 0 Å². The molecule has 0 radical (unpaired) electrons. The van der Waals surface area contributed by atoms with E-state index in [4.69, 9.17) is 18.5 Å². The van der Waals surface area contributed by atoms with Gasteiger partial charge in [0.15, 0.2) is 0 Å². The summed E-state index contributed by atoms with van der Waals surface area (Å²) in [5.74, 6) is 0. The Labute approximate surface area is 376 Å². The minimum Gasteiger partial charge on any atom is -0.379 e. The molecule has 0 aliphatic carbocycles. The highest BCUT2D eigenvalue weighted by Crippen LogP contribution is 2.43. The Balaban J connectivity index is 3.95. The quantitative estimate of drug-likeness (QED) is 0.0373. The van der Waals surface area contributed by atoms with E-state index in [9.17, 15) is 9.46 Å². The summed E-state index contributed by atoms with van der Waals surface area (Å²) in [6.07, 6.45) is 54.4. The second kappa shape index (κ2) is 47.0. The van der Waals surface area contributed by atoms with Crippen LogP contribution >= 0.6 is 7.82 Å². The SMILES string of the molecule is CCCCCCCCCCCCCCCCCCCCCCOC[C@H](COP(=O)(O)OCC[N+](C)(C)C)OCCCCCCCCCCCCCCCCCCCCCC. The lowest BCUT2D eigenvalue weighted by atomic mass is 10.0. The summed E-state index contributed by atoms with van der Waals surface area (Å²) in [7, 11) is 1.93. The van der Waals surface area contributed by atoms with Gasteiger partial charge in [0.05, 0.1) is 34.4 Å². The fourth-order valence-corrected chi connectivity index (χ4v) is 8.81. The van der Waals surface area contributed by atoms with E-state index in [0.717, 1.165) is 19.3 Å². The first-order valence-electron chi connectivity index (χ1n) is 26.8. The third-order valence-corrected chi connectivity index (χ3v) is 13.2. The van der Waals surface area contributed by atoms with Gasteiger partial charge < -0.3 is 18.9 Å². The van der Waals surface area contributed by atoms with Crippen LogP contribution in [0.15, 0.2) is 0 Å². The molecule has 0 aromatic carbocycles. The van der Waals surface area contributed by atoms with Gasteiger partial charge in [-0.15, -0.1) is 0 Å². The molecule has 0 aliphatic rings. The number of likely N-dealkylation sites (N-methyl/N-ethyl adjacent to an activating group) is 1. The molecule has 0 saturated heterocycles. The number of ether oxygens (including phenoxy) is 2. The molecule has 2 atom stereocenters. The zero-order chi connectivity index (χ0) is 43.9. The maximum atomic E-state index is 12.5. The molecule has 0 fully saturated rings. The highest BCUT2D eigenvalue weighted by molar-refractivity contribution is 7.47. The maximum Gasteiger partial charge on any atom is 0.472 e. The molecule has 7 nitrogen and oxygen atoms in total. The summed E-state index contributed by atoms with van der Waals surface area (Å²) in [5.41, 5.74) is 0. The summed E-state index contributed by atoms with van der Waals surface area (Å²) in [4.78, 5) is 10.3. The zero-order valence-electron chi connectivity index (χ0n) is 41.5. The molecule has 1 N–H and O–H groups in total. The van der Waals surface area contributed by atoms with Gasteiger partial charge in [-0.05, 0) is 12.8 Å². The number of hydrogen-bond donors (Lipinski definition) is 1. The van der Waals surface area contributed by atoms with Crippen molar-refractivity contribution in [2.45, 2.75) is 277 Å². The zero-order valence-corrected chi connectivity index (χ0v) is 42.4. The van der Waals surface area contributed by atoms with Gasteiger partial charge in [-0.25, -0.2) is 4.57 Å². The molecule has 1 unspecified atom stereocenters. The molecule has 0 bridgehead atoms. The molecule has 8 heteroatoms. The summed E-state index contributed by atoms with van der Waals surface area (Å²) in [5, 5.41) is 0. The molecule has 0 spiro atoms. The van der Waals surface area contributed by atoms with Crippen LogP contribution in [-0.4, -0.2) is 76.2 Å². The van der Waals surface area contributed by atoms with Crippen molar-refractivity contribution in [3.05, 3.63) is 0 Å². The average Bonchev–Trinajstić information content (AvgIpc) is 3.21. The van der Waals surface area contributed by atoms with Crippen molar-refractivity contribution in [1.29, 1.82) is 0 Å². The van der Waals surface area contributed by atoms with E-state index >= 15 is 0 Å². The van der Waals surface area contributed by atoms with Crippen LogP contribution in [0, 0.1) is 0 Å². The monoisotopic (exact) mass is 875 g/mol. The number of nitrogens with zero attached hydrogens (tertiary/aromatic N) is 1. The Morgan fingerprint density at radius 3 is 0.967 bits per heavy atom. The molecule has 0 saturated carbocycles. The largest absolute Gasteiger partial charge is 0.472 e. The fourth-order valence-electron chi connectivity index (χ4n) is 8.07. The van der Waals surface area contributed by atoms with E-state index in [1.54, 1.807) is 0 Å². The van der Waals surface area contributed by atoms with Crippen LogP contribution in [0.4, 0.5) is 0 Å². The number of phosphoric acid groups is 1. The lowest BCUT2D eigenvalue weighted by molar-refractivity contribution is -0.870. The Kier molecular flexibility index (Phi) is 47.0. The van der Waals surface area contributed by atoms with Gasteiger partial charge in [0, 0.05) is 13.2 Å². The number of unbranched alkanes of at least 4 members (excludes halogenated alkanes) is 38. The number of phosphoric ester groups is 1. The van der Waals surface area contributed by atoms with E-state index in [0.29, 0.717) is 30.8 Å². The second-order valence-electron chi connectivity index (χ2n) is 19.6. The molecule has 0 aromatic heterocycles. The third kappa shape index (κ3) is 50.6. The maximum absolute atomic E-state index is 12.5. The predicted octanol–water partition coefficient (Wildman–Crippen LogP) is 16.9. The van der Waals surface area contributed by atoms with Crippen LogP contribution < -0.4 is 0 Å². The molecule has 362 valence electrons. The first-order chi connectivity index (χ1) is 29.2. The normalized spacial score (nSPS) is 13.6. The van der Waals surface area contributed by atoms with Crippen LogP contribution in [0.5, 0.6) is 0 Å². The summed E-state index contributed by atoms with van der Waals surface area (Å²) < 4.78 is 36.0. The second-order valence-corrected chi connectivity index (χ2v) is 21.1. The van der Waals surface area contributed by atoms with Gasteiger partial charge in [0.25, 0.3) is 0 Å². The first kappa shape index (κ1) is 60.0. The summed E-state index contributed by atoms with van der Waals surface area (Å²) >= 11 is 0. The van der Waals surface area contributed by atoms with E-state index in [-0.39, 0.29) is 19.3 Å². The van der Waals surface area contributed by atoms with Crippen LogP contribution in [0.25, 0.3) is 0 Å². The van der Waals surface area contributed by atoms with Crippen LogP contribution in [0.2, 0.25) is 0 Å². The van der Waals surface area contributed by atoms with Crippen molar-refractivity contribution in [2.24, 2.45) is 0 Å². The molecule has 0 aromatic rings. The van der Waals surface area contributed by atoms with E-state index in [2.05, 4.69) is 13.8 Å². The Hall–Kier alpha value is -0.0100. The number of rotatable bonds is 52. The molecule has 0 heterocycles. The van der Waals surface area contributed by atoms with Gasteiger partial charge >= 0.3 is 7.82 Å². The van der Waals surface area contributed by atoms with Crippen molar-refractivity contribution in [3.63, 3.8) is 0 Å². The summed E-state index contributed by atoms with van der Waals surface area (Å²) in [6.45, 7) is 7.05. The van der Waals surface area contributed by atoms with E-state index in [1.807, 2.05) is 21.1 Å². The van der Waals surface area contributed by atoms with Gasteiger partial charge in [-0.1, -0.05) is 258 Å². The van der Waals surface area contributed by atoms with Gasteiger partial charge in [-0.3, -0.25) is 9.05 Å². The average molecular weight is 875 g/mol. The van der Waals surface area contributed by atoms with Crippen molar-refractivity contribution >= 4 is 7.82 Å². The predicted molar refractivity (Wildman–Crippen MR) is 261 cm³/mol. The first-order valence-corrected chi connectivity index (χ1v) is 28.3. The van der Waals surface area contributed by atoms with Crippen molar-refractivity contribution in [3.8, 4) is 0 Å². The molecule has 60 heavy (non-hydrogen) atoms. The third-order valence-electron chi connectivity index (χ3n) is 12.2. The number of hydrogen-bond acceptors (Lipinski definition) is 5. The van der Waals surface area contributed by atoms with Gasteiger partial charge in [0.2, 0.25) is 0 Å². The molecule has 0 aliphatic heterocycles. The van der Waals surface area contributed by atoms with Crippen molar-refractivity contribution < 1.29 is 32.5 Å². The minimum absolute atomic E-state index is 0.00337. The molecular weight excluding hydrogens is 766 g/mol. The molecule has 0 amide bonds. The highest BCUT2D eigenvalue weighted by Gasteiger charge is 2.25. The topological polar surface area (TPSA) is 74.2 Å². The van der Waals surface area contributed by atoms with Gasteiger partial charge in [-0.2, -0.15) is 0 Å².